The van der Waals surface area contributed by atoms with Gasteiger partial charge in [-0.05, 0) is 0 Å². The summed E-state index contributed by atoms with van der Waals surface area (Å²) in [6, 6.07) is 0. The van der Waals surface area contributed by atoms with Crippen LogP contribution in [0.25, 0.3) is 0 Å². The van der Waals surface area contributed by atoms with Gasteiger partial charge in [0.15, 0.2) is 0 Å². The van der Waals surface area contributed by atoms with Crippen LogP contribution in [0.5, 0.6) is 0 Å². The van der Waals surface area contributed by atoms with Crippen LogP contribution in [-0.2, 0) is 19.2 Å². The van der Waals surface area contributed by atoms with Crippen LogP contribution in [0.2, 0.25) is 0 Å². The summed E-state index contributed by atoms with van der Waals surface area (Å²) >= 11 is 0. The summed E-state index contributed by atoms with van der Waals surface area (Å²) in [4.78, 5) is 23.5. The Hall–Kier alpha value is -1.36. The van der Waals surface area contributed by atoms with Gasteiger partial charge in [0, 0.05) is 12.2 Å². The van der Waals surface area contributed by atoms with Crippen molar-refractivity contribution >= 4 is 11.9 Å². The molecule has 0 unspecified atom stereocenters. The van der Waals surface area contributed by atoms with Gasteiger partial charge in [0.2, 0.25) is 0 Å². The highest BCUT2D eigenvalue weighted by Crippen LogP contribution is 1.79. The molecule has 0 heterocycles. The highest BCUT2D eigenvalue weighted by molar-refractivity contribution is 5.91. The van der Waals surface area contributed by atoms with Gasteiger partial charge in [-0.15, -0.1) is 0 Å². The Bertz CT molecular complexity index is 141. The van der Waals surface area contributed by atoms with Crippen molar-refractivity contribution in [3.63, 3.8) is 0 Å². The largest absolute Gasteiger partial charge is 0.466 e. The fourth-order valence-electron chi connectivity index (χ4n) is 0.235. The molecule has 5 nitrogen and oxygen atoms in total. The minimum Gasteiger partial charge on any atom is -0.466 e. The van der Waals surface area contributed by atoms with Gasteiger partial charge >= 0.3 is 11.9 Å². The maximum absolute atomic E-state index is 10.2. The molecule has 0 aliphatic carbocycles. The molecule has 0 radical (unpaired) electrons. The summed E-state index contributed by atoms with van der Waals surface area (Å²) in [5, 5.41) is 7.67. The number of methoxy groups -OCH3 is 1. The fourth-order valence-corrected chi connectivity index (χ4v) is 0.235. The van der Waals surface area contributed by atoms with E-state index in [0.717, 1.165) is 19.3 Å². The number of rotatable bonds is 2. The molecule has 0 rings (SSSR count). The van der Waals surface area contributed by atoms with Gasteiger partial charge in [-0.1, -0.05) is 0 Å². The molecule has 1 N–H and O–H groups in total. The highest BCUT2D eigenvalue weighted by atomic mass is 17.1. The minimum absolute atomic E-state index is 0.689. The average molecular weight is 146 g/mol. The monoisotopic (exact) mass is 146 g/mol. The maximum atomic E-state index is 10.2. The smallest absolute Gasteiger partial charge is 0.365 e. The molecule has 0 aromatic rings. The van der Waals surface area contributed by atoms with Crippen molar-refractivity contribution in [2.75, 3.05) is 7.11 Å². The lowest BCUT2D eigenvalue weighted by Gasteiger charge is -1.87. The number of hydrogen-bond acceptors (Lipinski definition) is 5. The Morgan fingerprint density at radius 1 is 1.30 bits per heavy atom. The normalized spacial score (nSPS) is 9.40. The predicted molar refractivity (Wildman–Crippen MR) is 29.9 cm³/mol. The van der Waals surface area contributed by atoms with Gasteiger partial charge in [0.05, 0.1) is 7.11 Å². The Morgan fingerprint density at radius 2 is 1.80 bits per heavy atom. The molecule has 0 atom stereocenters. The molecule has 0 fully saturated rings. The molecule has 0 bridgehead atoms. The van der Waals surface area contributed by atoms with Crippen molar-refractivity contribution in [1.29, 1.82) is 0 Å². The number of carbonyl (C=O) groups excluding carboxylic acids is 2. The van der Waals surface area contributed by atoms with E-state index in [1.165, 1.54) is 0 Å². The standard InChI is InChI=1S/C5H6O5/c1-9-4(6)2-3-5(7)10-8/h2-3,8H,1H3. The molecular formula is C5H6O5. The summed E-state index contributed by atoms with van der Waals surface area (Å²) in [7, 11) is 1.16. The van der Waals surface area contributed by atoms with Gasteiger partial charge in [-0.3, -0.25) is 4.89 Å². The van der Waals surface area contributed by atoms with Gasteiger partial charge in [-0.2, -0.15) is 5.26 Å². The van der Waals surface area contributed by atoms with Crippen LogP contribution in [0.4, 0.5) is 0 Å². The third-order valence-corrected chi connectivity index (χ3v) is 0.647. The van der Waals surface area contributed by atoms with Gasteiger partial charge < -0.3 is 4.74 Å². The Balaban J connectivity index is 3.75. The van der Waals surface area contributed by atoms with E-state index in [1.807, 2.05) is 0 Å². The SMILES string of the molecule is COC(=O)C=CC(=O)OO. The van der Waals surface area contributed by atoms with E-state index in [0.29, 0.717) is 0 Å². The zero-order valence-electron chi connectivity index (χ0n) is 5.23. The third kappa shape index (κ3) is 3.62. The minimum atomic E-state index is -1.02. The van der Waals surface area contributed by atoms with Crippen LogP contribution in [0.15, 0.2) is 12.2 Å². The Kier molecular flexibility index (Phi) is 3.90. The first kappa shape index (κ1) is 8.64. The predicted octanol–water partition coefficient (Wildman–Crippen LogP) is -0.268. The lowest BCUT2D eigenvalue weighted by atomic mass is 10.5. The molecule has 0 spiro atoms. The highest BCUT2D eigenvalue weighted by Gasteiger charge is 1.96. The number of hydrogen-bond donors (Lipinski definition) is 1. The second-order valence-electron chi connectivity index (χ2n) is 1.27. The van der Waals surface area contributed by atoms with Crippen LogP contribution >= 0.6 is 0 Å². The molecule has 0 aliphatic heterocycles. The molecule has 0 aromatic heterocycles. The van der Waals surface area contributed by atoms with Crippen LogP contribution < -0.4 is 0 Å². The quantitative estimate of drug-likeness (QED) is 0.251. The summed E-state index contributed by atoms with van der Waals surface area (Å²) < 4.78 is 4.13. The molecular weight excluding hydrogens is 140 g/mol. The van der Waals surface area contributed by atoms with Crippen LogP contribution in [0.3, 0.4) is 0 Å². The molecule has 5 heteroatoms. The van der Waals surface area contributed by atoms with Crippen LogP contribution in [-0.4, -0.2) is 24.3 Å². The summed E-state index contributed by atoms with van der Waals surface area (Å²) in [5.74, 6) is -1.71. The van der Waals surface area contributed by atoms with E-state index < -0.39 is 11.9 Å². The first-order valence-electron chi connectivity index (χ1n) is 2.32. The van der Waals surface area contributed by atoms with Crippen LogP contribution in [0, 0.1) is 0 Å². The summed E-state index contributed by atoms with van der Waals surface area (Å²) in [6.07, 6.45) is 1.57. The van der Waals surface area contributed by atoms with Crippen molar-refractivity contribution in [3.05, 3.63) is 12.2 Å². The molecule has 0 amide bonds. The van der Waals surface area contributed by atoms with E-state index >= 15 is 0 Å². The molecule has 0 aliphatic rings. The molecule has 56 valence electrons. The molecule has 0 aromatic carbocycles. The van der Waals surface area contributed by atoms with Gasteiger partial charge in [0.1, 0.15) is 0 Å². The number of esters is 1. The van der Waals surface area contributed by atoms with Crippen molar-refractivity contribution < 1.29 is 24.5 Å². The zero-order valence-corrected chi connectivity index (χ0v) is 5.23. The van der Waals surface area contributed by atoms with E-state index in [-0.39, 0.29) is 0 Å². The molecule has 10 heavy (non-hydrogen) atoms. The van der Waals surface area contributed by atoms with Crippen molar-refractivity contribution in [2.45, 2.75) is 0 Å². The fraction of sp³-hybridized carbons (Fsp3) is 0.200. The summed E-state index contributed by atoms with van der Waals surface area (Å²) in [6.45, 7) is 0. The maximum Gasteiger partial charge on any atom is 0.365 e. The second kappa shape index (κ2) is 4.51. The topological polar surface area (TPSA) is 72.8 Å². The first-order valence-corrected chi connectivity index (χ1v) is 2.32. The molecule has 0 saturated heterocycles. The Labute approximate surface area is 56.8 Å². The second-order valence-corrected chi connectivity index (χ2v) is 1.27. The van der Waals surface area contributed by atoms with E-state index in [1.54, 1.807) is 0 Å². The third-order valence-electron chi connectivity index (χ3n) is 0.647. The van der Waals surface area contributed by atoms with E-state index in [2.05, 4.69) is 9.62 Å². The average Bonchev–Trinajstić information content (AvgIpc) is 1.99. The summed E-state index contributed by atoms with van der Waals surface area (Å²) in [5.41, 5.74) is 0. The Morgan fingerprint density at radius 3 is 2.20 bits per heavy atom. The first-order chi connectivity index (χ1) is 4.70. The number of carbonyl (C=O) groups is 2. The van der Waals surface area contributed by atoms with Crippen molar-refractivity contribution in [2.24, 2.45) is 0 Å². The van der Waals surface area contributed by atoms with E-state index in [9.17, 15) is 9.59 Å². The van der Waals surface area contributed by atoms with Gasteiger partial charge in [0.25, 0.3) is 0 Å². The zero-order chi connectivity index (χ0) is 7.98. The van der Waals surface area contributed by atoms with Gasteiger partial charge in [-0.25, -0.2) is 9.59 Å². The van der Waals surface area contributed by atoms with Crippen molar-refractivity contribution in [1.82, 2.24) is 0 Å². The lowest BCUT2D eigenvalue weighted by molar-refractivity contribution is -0.228. The van der Waals surface area contributed by atoms with Crippen LogP contribution in [0.1, 0.15) is 0 Å². The van der Waals surface area contributed by atoms with Crippen molar-refractivity contribution in [3.8, 4) is 0 Å². The lowest BCUT2D eigenvalue weighted by Crippen LogP contribution is -1.99. The molecule has 0 saturated carbocycles. The number of ether oxygens (including phenoxy) is 1. The van der Waals surface area contributed by atoms with E-state index in [4.69, 9.17) is 5.26 Å².